The van der Waals surface area contributed by atoms with E-state index in [0.29, 0.717) is 0 Å². The first-order chi connectivity index (χ1) is 8.74. The average Bonchev–Trinajstić information content (AvgIpc) is 2.86. The molecular weight excluding hydrogens is 226 g/mol. The lowest BCUT2D eigenvalue weighted by Crippen LogP contribution is -2.08. The van der Waals surface area contributed by atoms with E-state index in [2.05, 4.69) is 39.5 Å². The molecule has 4 nitrogen and oxygen atoms in total. The van der Waals surface area contributed by atoms with Gasteiger partial charge < -0.3 is 4.90 Å². The van der Waals surface area contributed by atoms with Crippen LogP contribution in [0.25, 0.3) is 22.2 Å². The summed E-state index contributed by atoms with van der Waals surface area (Å²) in [6, 6.07) is 14.3. The first-order valence-corrected chi connectivity index (χ1v) is 5.74. The summed E-state index contributed by atoms with van der Waals surface area (Å²) in [6.07, 6.45) is 0. The molecule has 3 aromatic rings. The molecule has 4 heteroatoms. The molecule has 0 amide bonds. The Morgan fingerprint density at radius 3 is 2.50 bits per heavy atom. The molecule has 18 heavy (non-hydrogen) atoms. The van der Waals surface area contributed by atoms with Crippen molar-refractivity contribution in [3.8, 4) is 11.1 Å². The van der Waals surface area contributed by atoms with E-state index in [1.165, 1.54) is 5.69 Å². The van der Waals surface area contributed by atoms with E-state index in [9.17, 15) is 0 Å². The number of hydrogen-bond donors (Lipinski definition) is 0. The smallest absolute Gasteiger partial charge is 0.135 e. The van der Waals surface area contributed by atoms with E-state index in [-0.39, 0.29) is 0 Å². The molecule has 0 aliphatic heterocycles. The van der Waals surface area contributed by atoms with Crippen molar-refractivity contribution in [3.63, 3.8) is 0 Å². The van der Waals surface area contributed by atoms with E-state index in [0.717, 1.165) is 22.2 Å². The number of fused-ring (bicyclic) bond motifs is 1. The van der Waals surface area contributed by atoms with Crippen molar-refractivity contribution in [2.75, 3.05) is 19.0 Å². The number of rotatable bonds is 2. The minimum absolute atomic E-state index is 0.780. The number of hydrogen-bond acceptors (Lipinski definition) is 4. The lowest BCUT2D eigenvalue weighted by atomic mass is 10.0. The topological polar surface area (TPSA) is 42.2 Å². The highest BCUT2D eigenvalue weighted by atomic mass is 16.6. The third kappa shape index (κ3) is 1.82. The third-order valence-corrected chi connectivity index (χ3v) is 2.95. The molecule has 0 saturated heterocycles. The highest BCUT2D eigenvalue weighted by Gasteiger charge is 2.04. The van der Waals surface area contributed by atoms with Gasteiger partial charge in [-0.1, -0.05) is 18.2 Å². The zero-order valence-corrected chi connectivity index (χ0v) is 10.3. The summed E-state index contributed by atoms with van der Waals surface area (Å²) < 4.78 is 4.71. The minimum Gasteiger partial charge on any atom is -0.378 e. The zero-order chi connectivity index (χ0) is 12.5. The van der Waals surface area contributed by atoms with Crippen LogP contribution < -0.4 is 4.90 Å². The number of anilines is 1. The lowest BCUT2D eigenvalue weighted by Gasteiger charge is -2.13. The van der Waals surface area contributed by atoms with Crippen molar-refractivity contribution in [1.29, 1.82) is 0 Å². The standard InChI is InChI=1S/C14H13N3O/c1-17(2)12-5-3-4-10(8-12)11-6-7-13-14(9-11)16-18-15-13/h3-9H,1-2H3. The molecule has 1 aromatic heterocycles. The van der Waals surface area contributed by atoms with Gasteiger partial charge in [-0.05, 0) is 45.7 Å². The van der Waals surface area contributed by atoms with Crippen molar-refractivity contribution in [1.82, 2.24) is 10.3 Å². The molecule has 0 radical (unpaired) electrons. The fraction of sp³-hybridized carbons (Fsp3) is 0.143. The molecule has 1 heterocycles. The quantitative estimate of drug-likeness (QED) is 0.689. The van der Waals surface area contributed by atoms with Crippen LogP contribution in [0, 0.1) is 0 Å². The van der Waals surface area contributed by atoms with E-state index in [4.69, 9.17) is 4.63 Å². The number of aromatic nitrogens is 2. The second-order valence-electron chi connectivity index (χ2n) is 4.41. The molecule has 90 valence electrons. The molecule has 0 aliphatic rings. The van der Waals surface area contributed by atoms with Crippen LogP contribution in [-0.2, 0) is 0 Å². The molecule has 3 rings (SSSR count). The Kier molecular flexibility index (Phi) is 2.48. The Balaban J connectivity index is 2.10. The number of benzene rings is 2. The minimum atomic E-state index is 0.780. The van der Waals surface area contributed by atoms with Gasteiger partial charge in [0.2, 0.25) is 0 Å². The highest BCUT2D eigenvalue weighted by molar-refractivity contribution is 5.81. The van der Waals surface area contributed by atoms with E-state index in [1.54, 1.807) is 0 Å². The number of nitrogens with zero attached hydrogens (tertiary/aromatic N) is 3. The lowest BCUT2D eigenvalue weighted by molar-refractivity contribution is 0.315. The van der Waals surface area contributed by atoms with Gasteiger partial charge in [0, 0.05) is 19.8 Å². The van der Waals surface area contributed by atoms with Crippen molar-refractivity contribution >= 4 is 16.7 Å². The van der Waals surface area contributed by atoms with E-state index < -0.39 is 0 Å². The van der Waals surface area contributed by atoms with Crippen LogP contribution in [0.3, 0.4) is 0 Å². The summed E-state index contributed by atoms with van der Waals surface area (Å²) in [5, 5.41) is 7.67. The summed E-state index contributed by atoms with van der Waals surface area (Å²) >= 11 is 0. The van der Waals surface area contributed by atoms with Crippen LogP contribution in [0.5, 0.6) is 0 Å². The van der Waals surface area contributed by atoms with Gasteiger partial charge in [-0.2, -0.15) is 0 Å². The van der Waals surface area contributed by atoms with Gasteiger partial charge in [0.05, 0.1) is 0 Å². The Bertz CT molecular complexity index is 688. The molecule has 0 atom stereocenters. The highest BCUT2D eigenvalue weighted by Crippen LogP contribution is 2.25. The van der Waals surface area contributed by atoms with Crippen LogP contribution in [0.4, 0.5) is 5.69 Å². The second kappa shape index (κ2) is 4.14. The molecule has 0 unspecified atom stereocenters. The Hall–Kier alpha value is -2.36. The first kappa shape index (κ1) is 10.8. The maximum atomic E-state index is 4.71. The monoisotopic (exact) mass is 239 g/mol. The zero-order valence-electron chi connectivity index (χ0n) is 10.3. The van der Waals surface area contributed by atoms with Gasteiger partial charge in [-0.25, -0.2) is 4.63 Å². The summed E-state index contributed by atoms with van der Waals surface area (Å²) in [5.41, 5.74) is 5.00. The van der Waals surface area contributed by atoms with Gasteiger partial charge in [0.25, 0.3) is 0 Å². The van der Waals surface area contributed by atoms with Crippen LogP contribution in [-0.4, -0.2) is 24.4 Å². The van der Waals surface area contributed by atoms with Gasteiger partial charge in [-0.3, -0.25) is 0 Å². The largest absolute Gasteiger partial charge is 0.378 e. The third-order valence-electron chi connectivity index (χ3n) is 2.95. The molecule has 0 bridgehead atoms. The van der Waals surface area contributed by atoms with E-state index in [1.807, 2.05) is 32.3 Å². The molecule has 0 fully saturated rings. The second-order valence-corrected chi connectivity index (χ2v) is 4.41. The molecule has 2 aromatic carbocycles. The predicted octanol–water partition coefficient (Wildman–Crippen LogP) is 2.96. The van der Waals surface area contributed by atoms with Gasteiger partial charge in [0.15, 0.2) is 0 Å². The maximum absolute atomic E-state index is 4.71. The summed E-state index contributed by atoms with van der Waals surface area (Å²) in [6.45, 7) is 0. The molecule has 0 N–H and O–H groups in total. The van der Waals surface area contributed by atoms with Gasteiger partial charge >= 0.3 is 0 Å². The summed E-state index contributed by atoms with van der Waals surface area (Å²) in [5.74, 6) is 0. The maximum Gasteiger partial charge on any atom is 0.135 e. The SMILES string of the molecule is CN(C)c1cccc(-c2ccc3nonc3c2)c1. The molecule has 0 saturated carbocycles. The first-order valence-electron chi connectivity index (χ1n) is 5.74. The van der Waals surface area contributed by atoms with Crippen molar-refractivity contribution in [3.05, 3.63) is 42.5 Å². The van der Waals surface area contributed by atoms with Crippen molar-refractivity contribution in [2.45, 2.75) is 0 Å². The van der Waals surface area contributed by atoms with Crippen molar-refractivity contribution in [2.24, 2.45) is 0 Å². The Morgan fingerprint density at radius 1 is 0.889 bits per heavy atom. The Morgan fingerprint density at radius 2 is 1.67 bits per heavy atom. The fourth-order valence-electron chi connectivity index (χ4n) is 1.93. The van der Waals surface area contributed by atoms with Crippen molar-refractivity contribution < 1.29 is 4.63 Å². The molecule has 0 aliphatic carbocycles. The van der Waals surface area contributed by atoms with Gasteiger partial charge in [-0.15, -0.1) is 0 Å². The van der Waals surface area contributed by atoms with Crippen LogP contribution in [0.2, 0.25) is 0 Å². The van der Waals surface area contributed by atoms with Gasteiger partial charge in [0.1, 0.15) is 11.0 Å². The Labute approximate surface area is 105 Å². The van der Waals surface area contributed by atoms with Crippen LogP contribution in [0.1, 0.15) is 0 Å². The average molecular weight is 239 g/mol. The van der Waals surface area contributed by atoms with E-state index >= 15 is 0 Å². The van der Waals surface area contributed by atoms with Crippen LogP contribution >= 0.6 is 0 Å². The normalized spacial score (nSPS) is 10.8. The van der Waals surface area contributed by atoms with Crippen LogP contribution in [0.15, 0.2) is 47.1 Å². The fourth-order valence-corrected chi connectivity index (χ4v) is 1.93. The molecule has 0 spiro atoms. The molecular formula is C14H13N3O. The predicted molar refractivity (Wildman–Crippen MR) is 71.6 cm³/mol. The summed E-state index contributed by atoms with van der Waals surface area (Å²) in [7, 11) is 4.06. The summed E-state index contributed by atoms with van der Waals surface area (Å²) in [4.78, 5) is 2.08.